The normalized spacial score (nSPS) is 12.5. The van der Waals surface area contributed by atoms with Gasteiger partial charge in [-0.25, -0.2) is 4.79 Å². The van der Waals surface area contributed by atoms with Crippen LogP contribution >= 0.6 is 11.6 Å². The predicted molar refractivity (Wildman–Crippen MR) is 92.0 cm³/mol. The van der Waals surface area contributed by atoms with Crippen LogP contribution in [0.15, 0.2) is 35.4 Å². The maximum Gasteiger partial charge on any atom is 0.328 e. The summed E-state index contributed by atoms with van der Waals surface area (Å²) in [6.07, 6.45) is 3.10. The lowest BCUT2D eigenvalue weighted by Gasteiger charge is -2.12. The van der Waals surface area contributed by atoms with Crippen molar-refractivity contribution >= 4 is 28.5 Å². The number of aromatic nitrogens is 4. The molecule has 1 amide bonds. The summed E-state index contributed by atoms with van der Waals surface area (Å²) in [6, 6.07) is 5.24. The number of benzene rings is 1. The van der Waals surface area contributed by atoms with Gasteiger partial charge in [0.25, 0.3) is 0 Å². The molecule has 0 radical (unpaired) electrons. The monoisotopic (exact) mass is 347 g/mol. The van der Waals surface area contributed by atoms with Gasteiger partial charge in [-0.15, -0.1) is 0 Å². The fraction of sp³-hybridized carbons (Fsp3) is 0.312. The maximum absolute atomic E-state index is 12.2. The van der Waals surface area contributed by atoms with Crippen molar-refractivity contribution < 1.29 is 4.79 Å². The van der Waals surface area contributed by atoms with Crippen LogP contribution in [0.1, 0.15) is 18.5 Å². The van der Waals surface area contributed by atoms with Gasteiger partial charge in [0.15, 0.2) is 0 Å². The van der Waals surface area contributed by atoms with E-state index >= 15 is 0 Å². The minimum Gasteiger partial charge on any atom is -0.350 e. The van der Waals surface area contributed by atoms with Crippen LogP contribution in [0.5, 0.6) is 0 Å². The number of carbonyl (C=O) groups excluding carboxylic acids is 1. The van der Waals surface area contributed by atoms with Crippen LogP contribution in [0.2, 0.25) is 5.02 Å². The molecule has 0 aliphatic carbocycles. The first-order chi connectivity index (χ1) is 11.4. The van der Waals surface area contributed by atoms with Gasteiger partial charge in [-0.05, 0) is 24.6 Å². The second-order valence-corrected chi connectivity index (χ2v) is 6.19. The van der Waals surface area contributed by atoms with Crippen molar-refractivity contribution in [3.8, 4) is 0 Å². The molecule has 2 aromatic heterocycles. The Morgan fingerprint density at radius 3 is 2.67 bits per heavy atom. The Morgan fingerprint density at radius 1 is 1.29 bits per heavy atom. The van der Waals surface area contributed by atoms with Crippen LogP contribution < -0.4 is 11.0 Å². The summed E-state index contributed by atoms with van der Waals surface area (Å²) in [5.74, 6) is -0.156. The second kappa shape index (κ2) is 6.16. The van der Waals surface area contributed by atoms with Gasteiger partial charge in [-0.3, -0.25) is 18.6 Å². The van der Waals surface area contributed by atoms with Crippen LogP contribution in [0.25, 0.3) is 11.0 Å². The molecule has 0 bridgehead atoms. The first kappa shape index (κ1) is 16.3. The van der Waals surface area contributed by atoms with Crippen molar-refractivity contribution in [3.63, 3.8) is 0 Å². The van der Waals surface area contributed by atoms with Crippen molar-refractivity contribution in [3.05, 3.63) is 51.7 Å². The average molecular weight is 348 g/mol. The van der Waals surface area contributed by atoms with Crippen LogP contribution in [-0.4, -0.2) is 24.8 Å². The summed E-state index contributed by atoms with van der Waals surface area (Å²) < 4.78 is 4.71. The van der Waals surface area contributed by atoms with Gasteiger partial charge in [0.2, 0.25) is 5.91 Å². The van der Waals surface area contributed by atoms with E-state index in [1.54, 1.807) is 36.4 Å². The molecule has 7 nitrogen and oxygen atoms in total. The average Bonchev–Trinajstić information content (AvgIpc) is 3.10. The number of imidazole rings is 1. The highest BCUT2D eigenvalue weighted by Gasteiger charge is 2.16. The molecule has 0 saturated heterocycles. The fourth-order valence-electron chi connectivity index (χ4n) is 2.65. The zero-order valence-electron chi connectivity index (χ0n) is 13.7. The third kappa shape index (κ3) is 2.82. The fourth-order valence-corrected chi connectivity index (χ4v) is 2.79. The number of halogens is 1. The topological polar surface area (TPSA) is 73.8 Å². The molecule has 24 heavy (non-hydrogen) atoms. The molecule has 0 saturated carbocycles. The lowest BCUT2D eigenvalue weighted by Crippen LogP contribution is -2.30. The highest BCUT2D eigenvalue weighted by atomic mass is 35.5. The summed E-state index contributed by atoms with van der Waals surface area (Å²) in [4.78, 5) is 24.2. The molecule has 1 atom stereocenters. The molecule has 1 aromatic carbocycles. The Kier molecular flexibility index (Phi) is 4.19. The SMILES string of the molecule is C[C@@H](C(=O)NCc1ccc2c(c1)n(C)c(=O)n2C)n1cc(Cl)cn1. The number of hydrogen-bond acceptors (Lipinski definition) is 3. The van der Waals surface area contributed by atoms with Crippen LogP contribution in [0, 0.1) is 0 Å². The van der Waals surface area contributed by atoms with E-state index in [0.717, 1.165) is 16.6 Å². The highest BCUT2D eigenvalue weighted by molar-refractivity contribution is 6.30. The molecule has 0 unspecified atom stereocenters. The van der Waals surface area contributed by atoms with Crippen molar-refractivity contribution in [2.24, 2.45) is 14.1 Å². The minimum absolute atomic E-state index is 0.0737. The van der Waals surface area contributed by atoms with Crippen molar-refractivity contribution in [2.45, 2.75) is 19.5 Å². The lowest BCUT2D eigenvalue weighted by atomic mass is 10.2. The van der Waals surface area contributed by atoms with Gasteiger partial charge in [-0.1, -0.05) is 17.7 Å². The molecule has 3 rings (SSSR count). The van der Waals surface area contributed by atoms with Crippen molar-refractivity contribution in [1.82, 2.24) is 24.2 Å². The number of carbonyl (C=O) groups is 1. The molecular formula is C16H18ClN5O2. The van der Waals surface area contributed by atoms with Gasteiger partial charge >= 0.3 is 5.69 Å². The summed E-state index contributed by atoms with van der Waals surface area (Å²) in [5, 5.41) is 7.41. The van der Waals surface area contributed by atoms with Crippen LogP contribution in [-0.2, 0) is 25.4 Å². The first-order valence-electron chi connectivity index (χ1n) is 7.50. The molecule has 2 heterocycles. The molecular weight excluding hydrogens is 330 g/mol. The molecule has 8 heteroatoms. The first-order valence-corrected chi connectivity index (χ1v) is 7.88. The standard InChI is InChI=1S/C16H18ClN5O2/c1-10(22-9-12(17)8-19-22)15(23)18-7-11-4-5-13-14(6-11)21(3)16(24)20(13)2/h4-6,8-10H,7H2,1-3H3,(H,18,23)/t10-/m0/s1. The van der Waals surface area contributed by atoms with Gasteiger partial charge in [0.05, 0.1) is 22.3 Å². The Balaban J connectivity index is 1.74. The van der Waals surface area contributed by atoms with Crippen molar-refractivity contribution in [2.75, 3.05) is 0 Å². The van der Waals surface area contributed by atoms with Gasteiger partial charge in [0, 0.05) is 26.8 Å². The van der Waals surface area contributed by atoms with E-state index in [1.165, 1.54) is 10.9 Å². The van der Waals surface area contributed by atoms with Gasteiger partial charge in [0.1, 0.15) is 6.04 Å². The summed E-state index contributed by atoms with van der Waals surface area (Å²) in [5.41, 5.74) is 2.54. The van der Waals surface area contributed by atoms with E-state index in [-0.39, 0.29) is 11.6 Å². The summed E-state index contributed by atoms with van der Waals surface area (Å²) in [7, 11) is 3.47. The molecule has 1 N–H and O–H groups in total. The Bertz CT molecular complexity index is 969. The van der Waals surface area contributed by atoms with E-state index in [1.807, 2.05) is 18.2 Å². The number of hydrogen-bond donors (Lipinski definition) is 1. The quantitative estimate of drug-likeness (QED) is 0.779. The Morgan fingerprint density at radius 2 is 2.00 bits per heavy atom. The van der Waals surface area contributed by atoms with Gasteiger partial charge < -0.3 is 5.32 Å². The number of fused-ring (bicyclic) bond motifs is 1. The third-order valence-electron chi connectivity index (χ3n) is 4.15. The van der Waals surface area contributed by atoms with E-state index in [2.05, 4.69) is 10.4 Å². The van der Waals surface area contributed by atoms with E-state index < -0.39 is 6.04 Å². The predicted octanol–water partition coefficient (Wildman–Crippen LogP) is 1.60. The largest absolute Gasteiger partial charge is 0.350 e. The maximum atomic E-state index is 12.2. The number of rotatable bonds is 4. The van der Waals surface area contributed by atoms with Crippen LogP contribution in [0.3, 0.4) is 0 Å². The molecule has 0 spiro atoms. The minimum atomic E-state index is -0.456. The number of aryl methyl sites for hydroxylation is 2. The number of nitrogens with zero attached hydrogens (tertiary/aromatic N) is 4. The molecule has 0 aliphatic heterocycles. The zero-order chi connectivity index (χ0) is 17.4. The number of nitrogens with one attached hydrogen (secondary N) is 1. The number of amides is 1. The smallest absolute Gasteiger partial charge is 0.328 e. The second-order valence-electron chi connectivity index (χ2n) is 5.76. The lowest BCUT2D eigenvalue weighted by molar-refractivity contribution is -0.124. The van der Waals surface area contributed by atoms with Crippen LogP contribution in [0.4, 0.5) is 0 Å². The molecule has 126 valence electrons. The molecule has 3 aromatic rings. The summed E-state index contributed by atoms with van der Waals surface area (Å²) in [6.45, 7) is 2.12. The Hall–Kier alpha value is -2.54. The van der Waals surface area contributed by atoms with Gasteiger partial charge in [-0.2, -0.15) is 5.10 Å². The third-order valence-corrected chi connectivity index (χ3v) is 4.34. The molecule has 0 aliphatic rings. The van der Waals surface area contributed by atoms with E-state index in [4.69, 9.17) is 11.6 Å². The van der Waals surface area contributed by atoms with Crippen molar-refractivity contribution in [1.29, 1.82) is 0 Å². The highest BCUT2D eigenvalue weighted by Crippen LogP contribution is 2.15. The summed E-state index contributed by atoms with van der Waals surface area (Å²) >= 11 is 5.82. The van der Waals surface area contributed by atoms with E-state index in [0.29, 0.717) is 11.6 Å². The van der Waals surface area contributed by atoms with E-state index in [9.17, 15) is 9.59 Å². The zero-order valence-corrected chi connectivity index (χ0v) is 14.4. The molecule has 0 fully saturated rings. The Labute approximate surface area is 143 Å².